The molecule has 0 aliphatic heterocycles. The maximum absolute atomic E-state index is 10.5. The Balaban J connectivity index is 2.21. The molecule has 0 spiro atoms. The number of aryl methyl sites for hydroxylation is 1. The van der Waals surface area contributed by atoms with Crippen LogP contribution < -0.4 is 0 Å². The van der Waals surface area contributed by atoms with Crippen molar-refractivity contribution in [3.05, 3.63) is 56.7 Å². The minimum atomic E-state index is -0.405. The summed E-state index contributed by atoms with van der Waals surface area (Å²) in [6.45, 7) is 1.98. The fourth-order valence-electron chi connectivity index (χ4n) is 1.38. The predicted octanol–water partition coefficient (Wildman–Crippen LogP) is 4.21. The number of nitro benzene ring substituents is 1. The Labute approximate surface area is 117 Å². The molecule has 0 aliphatic rings. The lowest BCUT2D eigenvalue weighted by Gasteiger charge is -2.04. The van der Waals surface area contributed by atoms with Crippen LogP contribution in [0.2, 0.25) is 0 Å². The lowest BCUT2D eigenvalue weighted by atomic mass is 10.3. The van der Waals surface area contributed by atoms with Crippen molar-refractivity contribution in [1.29, 1.82) is 0 Å². The summed E-state index contributed by atoms with van der Waals surface area (Å²) in [6.07, 6.45) is 1.74. The van der Waals surface area contributed by atoms with Gasteiger partial charge in [0.25, 0.3) is 5.69 Å². The van der Waals surface area contributed by atoms with E-state index in [0.717, 1.165) is 20.0 Å². The van der Waals surface area contributed by atoms with Gasteiger partial charge in [-0.05, 0) is 46.6 Å². The lowest BCUT2D eigenvalue weighted by molar-refractivity contribution is -0.384. The van der Waals surface area contributed by atoms with Gasteiger partial charge in [-0.2, -0.15) is 0 Å². The van der Waals surface area contributed by atoms with E-state index in [9.17, 15) is 10.1 Å². The molecule has 0 saturated heterocycles. The van der Waals surface area contributed by atoms with Crippen LogP contribution in [0.4, 0.5) is 5.69 Å². The van der Waals surface area contributed by atoms with Gasteiger partial charge in [-0.15, -0.1) is 0 Å². The minimum Gasteiger partial charge on any atom is -0.258 e. The molecule has 0 unspecified atom stereocenters. The smallest absolute Gasteiger partial charge is 0.258 e. The van der Waals surface area contributed by atoms with Crippen LogP contribution >= 0.6 is 27.7 Å². The van der Waals surface area contributed by atoms with Gasteiger partial charge in [-0.1, -0.05) is 11.8 Å². The van der Waals surface area contributed by atoms with Gasteiger partial charge < -0.3 is 0 Å². The first-order valence-electron chi connectivity index (χ1n) is 5.11. The molecule has 1 heterocycles. The normalized spacial score (nSPS) is 10.3. The Morgan fingerprint density at radius 2 is 2.00 bits per heavy atom. The Kier molecular flexibility index (Phi) is 3.98. The molecule has 2 aromatic rings. The van der Waals surface area contributed by atoms with E-state index in [1.165, 1.54) is 23.9 Å². The minimum absolute atomic E-state index is 0.0971. The molecule has 0 aliphatic carbocycles. The summed E-state index contributed by atoms with van der Waals surface area (Å²) < 4.78 is 0.938. The van der Waals surface area contributed by atoms with Crippen molar-refractivity contribution in [2.75, 3.05) is 0 Å². The second kappa shape index (κ2) is 5.49. The summed E-state index contributed by atoms with van der Waals surface area (Å²) in [5, 5.41) is 11.4. The van der Waals surface area contributed by atoms with Gasteiger partial charge in [0.05, 0.1) is 4.92 Å². The molecule has 0 amide bonds. The van der Waals surface area contributed by atoms with Crippen molar-refractivity contribution in [1.82, 2.24) is 4.98 Å². The van der Waals surface area contributed by atoms with Gasteiger partial charge in [-0.3, -0.25) is 10.1 Å². The van der Waals surface area contributed by atoms with E-state index in [1.54, 1.807) is 18.3 Å². The van der Waals surface area contributed by atoms with Crippen LogP contribution in [0.3, 0.4) is 0 Å². The number of pyridine rings is 1. The van der Waals surface area contributed by atoms with Crippen LogP contribution in [-0.4, -0.2) is 9.91 Å². The summed E-state index contributed by atoms with van der Waals surface area (Å²) >= 11 is 4.85. The van der Waals surface area contributed by atoms with Crippen LogP contribution in [0.5, 0.6) is 0 Å². The number of halogens is 1. The molecule has 2 rings (SSSR count). The van der Waals surface area contributed by atoms with Crippen molar-refractivity contribution < 1.29 is 4.92 Å². The average Bonchev–Trinajstić information content (AvgIpc) is 2.33. The van der Waals surface area contributed by atoms with Crippen LogP contribution in [0.15, 0.2) is 50.9 Å². The third kappa shape index (κ3) is 3.08. The fraction of sp³-hybridized carbons (Fsp3) is 0.0833. The Bertz CT molecular complexity index is 587. The number of rotatable bonds is 3. The summed E-state index contributed by atoms with van der Waals surface area (Å²) in [7, 11) is 0. The van der Waals surface area contributed by atoms with Crippen LogP contribution in [0.25, 0.3) is 0 Å². The van der Waals surface area contributed by atoms with E-state index in [2.05, 4.69) is 20.9 Å². The highest BCUT2D eigenvalue weighted by Crippen LogP contribution is 2.30. The number of hydrogen-bond donors (Lipinski definition) is 0. The first-order valence-corrected chi connectivity index (χ1v) is 6.71. The second-order valence-corrected chi connectivity index (χ2v) is 5.61. The molecular formula is C12H9BrN2O2S. The molecule has 1 aromatic heterocycles. The van der Waals surface area contributed by atoms with E-state index in [1.807, 2.05) is 13.0 Å². The zero-order valence-electron chi connectivity index (χ0n) is 9.46. The Hall–Kier alpha value is -1.40. The molecule has 6 heteroatoms. The van der Waals surface area contributed by atoms with E-state index >= 15 is 0 Å². The van der Waals surface area contributed by atoms with Crippen molar-refractivity contribution in [3.63, 3.8) is 0 Å². The van der Waals surface area contributed by atoms with Gasteiger partial charge in [0.15, 0.2) is 0 Å². The molecule has 4 nitrogen and oxygen atoms in total. The van der Waals surface area contributed by atoms with Gasteiger partial charge in [-0.25, -0.2) is 4.98 Å². The lowest BCUT2D eigenvalue weighted by Crippen LogP contribution is -1.88. The van der Waals surface area contributed by atoms with Gasteiger partial charge in [0.1, 0.15) is 5.03 Å². The van der Waals surface area contributed by atoms with Crippen molar-refractivity contribution >= 4 is 33.4 Å². The first-order chi connectivity index (χ1) is 8.56. The van der Waals surface area contributed by atoms with Crippen LogP contribution in [0, 0.1) is 17.0 Å². The van der Waals surface area contributed by atoms with Gasteiger partial charge >= 0.3 is 0 Å². The monoisotopic (exact) mass is 324 g/mol. The SMILES string of the molecule is Cc1cc(Br)cnc1Sc1ccc([N+](=O)[O-])cc1. The quantitative estimate of drug-likeness (QED) is 0.626. The maximum Gasteiger partial charge on any atom is 0.269 e. The topological polar surface area (TPSA) is 56.0 Å². The molecule has 18 heavy (non-hydrogen) atoms. The van der Waals surface area contributed by atoms with E-state index in [4.69, 9.17) is 0 Å². The number of aromatic nitrogens is 1. The third-order valence-corrected chi connectivity index (χ3v) is 3.82. The van der Waals surface area contributed by atoms with E-state index in [-0.39, 0.29) is 5.69 Å². The fourth-order valence-corrected chi connectivity index (χ4v) is 2.65. The van der Waals surface area contributed by atoms with E-state index < -0.39 is 4.92 Å². The zero-order chi connectivity index (χ0) is 13.1. The van der Waals surface area contributed by atoms with Crippen molar-refractivity contribution in [3.8, 4) is 0 Å². The van der Waals surface area contributed by atoms with Gasteiger partial charge in [0.2, 0.25) is 0 Å². The maximum atomic E-state index is 10.5. The predicted molar refractivity (Wildman–Crippen MR) is 73.9 cm³/mol. The number of benzene rings is 1. The number of non-ortho nitro benzene ring substituents is 1. The molecule has 0 radical (unpaired) electrons. The largest absolute Gasteiger partial charge is 0.269 e. The summed E-state index contributed by atoms with van der Waals surface area (Å²) in [6, 6.07) is 8.44. The molecule has 92 valence electrons. The van der Waals surface area contributed by atoms with Crippen molar-refractivity contribution in [2.24, 2.45) is 0 Å². The van der Waals surface area contributed by atoms with Crippen LogP contribution in [-0.2, 0) is 0 Å². The Morgan fingerprint density at radius 1 is 1.33 bits per heavy atom. The first kappa shape index (κ1) is 13.0. The number of nitrogens with zero attached hydrogens (tertiary/aromatic N) is 2. The average molecular weight is 325 g/mol. The van der Waals surface area contributed by atoms with Crippen molar-refractivity contribution in [2.45, 2.75) is 16.8 Å². The highest BCUT2D eigenvalue weighted by Gasteiger charge is 2.07. The highest BCUT2D eigenvalue weighted by atomic mass is 79.9. The van der Waals surface area contributed by atoms with Crippen LogP contribution in [0.1, 0.15) is 5.56 Å². The zero-order valence-corrected chi connectivity index (χ0v) is 11.9. The van der Waals surface area contributed by atoms with E-state index in [0.29, 0.717) is 0 Å². The molecule has 1 aromatic carbocycles. The second-order valence-electron chi connectivity index (χ2n) is 3.63. The molecular weight excluding hydrogens is 316 g/mol. The molecule has 0 N–H and O–H groups in total. The molecule has 0 atom stereocenters. The number of nitro groups is 1. The molecule has 0 bridgehead atoms. The standard InChI is InChI=1S/C12H9BrN2O2S/c1-8-6-9(13)7-14-12(8)18-11-4-2-10(3-5-11)15(16)17/h2-7H,1H3. The molecule has 0 saturated carbocycles. The summed E-state index contributed by atoms with van der Waals surface area (Å²) in [5.74, 6) is 0. The molecule has 0 fully saturated rings. The number of hydrogen-bond acceptors (Lipinski definition) is 4. The summed E-state index contributed by atoms with van der Waals surface area (Å²) in [5.41, 5.74) is 1.16. The summed E-state index contributed by atoms with van der Waals surface area (Å²) in [4.78, 5) is 15.4. The van der Waals surface area contributed by atoms with Gasteiger partial charge in [0, 0.05) is 27.7 Å². The third-order valence-electron chi connectivity index (χ3n) is 2.26. The highest BCUT2D eigenvalue weighted by molar-refractivity contribution is 9.10. The Morgan fingerprint density at radius 3 is 2.56 bits per heavy atom.